The maximum atomic E-state index is 11.4. The van der Waals surface area contributed by atoms with E-state index < -0.39 is 0 Å². The van der Waals surface area contributed by atoms with Crippen LogP contribution in [0.15, 0.2) is 36.4 Å². The zero-order chi connectivity index (χ0) is 15.8. The van der Waals surface area contributed by atoms with Gasteiger partial charge >= 0.3 is 0 Å². The molecular weight excluding hydrogens is 284 g/mol. The summed E-state index contributed by atoms with van der Waals surface area (Å²) < 4.78 is 0. The van der Waals surface area contributed by atoms with Crippen LogP contribution in [-0.4, -0.2) is 43.4 Å². The van der Waals surface area contributed by atoms with Crippen molar-refractivity contribution in [3.8, 4) is 0 Å². The molecule has 1 heterocycles. The van der Waals surface area contributed by atoms with E-state index in [0.29, 0.717) is 0 Å². The minimum Gasteiger partial charge on any atom is -0.369 e. The zero-order valence-electron chi connectivity index (χ0n) is 13.9. The molecule has 0 aromatic heterocycles. The largest absolute Gasteiger partial charge is 0.369 e. The van der Waals surface area contributed by atoms with Crippen molar-refractivity contribution in [2.45, 2.75) is 19.8 Å². The molecule has 1 saturated heterocycles. The fourth-order valence-corrected chi connectivity index (χ4v) is 4.53. The Morgan fingerprint density at radius 1 is 1.04 bits per heavy atom. The van der Waals surface area contributed by atoms with E-state index in [4.69, 9.17) is 0 Å². The molecule has 1 aromatic carbocycles. The van der Waals surface area contributed by atoms with Crippen molar-refractivity contribution in [1.29, 1.82) is 0 Å². The highest BCUT2D eigenvalue weighted by molar-refractivity contribution is 5.94. The minimum atomic E-state index is 0.140. The first-order chi connectivity index (χ1) is 11.2. The van der Waals surface area contributed by atoms with Crippen LogP contribution < -0.4 is 4.90 Å². The SMILES string of the molecule is CC(=O)c1ccc(N2CCN(CC3CC4C=CC3C4)CC2)cc1. The molecule has 0 N–H and O–H groups in total. The van der Waals surface area contributed by atoms with Crippen LogP contribution in [-0.2, 0) is 0 Å². The molecule has 3 nitrogen and oxygen atoms in total. The highest BCUT2D eigenvalue weighted by Crippen LogP contribution is 2.43. The molecule has 122 valence electrons. The summed E-state index contributed by atoms with van der Waals surface area (Å²) in [7, 11) is 0. The van der Waals surface area contributed by atoms with Gasteiger partial charge in [-0.15, -0.1) is 0 Å². The van der Waals surface area contributed by atoms with Crippen molar-refractivity contribution in [3.05, 3.63) is 42.0 Å². The molecule has 2 bridgehead atoms. The lowest BCUT2D eigenvalue weighted by molar-refractivity contribution is 0.101. The van der Waals surface area contributed by atoms with Crippen molar-refractivity contribution in [2.24, 2.45) is 17.8 Å². The number of anilines is 1. The number of benzene rings is 1. The van der Waals surface area contributed by atoms with E-state index in [2.05, 4.69) is 34.1 Å². The lowest BCUT2D eigenvalue weighted by Gasteiger charge is -2.38. The standard InChI is InChI=1S/C20H26N2O/c1-15(23)17-4-6-20(7-5-17)22-10-8-21(9-11-22)14-19-13-16-2-3-18(19)12-16/h2-7,16,18-19H,8-14H2,1H3. The molecule has 3 atom stereocenters. The summed E-state index contributed by atoms with van der Waals surface area (Å²) in [6, 6.07) is 8.08. The number of fused-ring (bicyclic) bond motifs is 2. The van der Waals surface area contributed by atoms with Crippen LogP contribution in [0.3, 0.4) is 0 Å². The van der Waals surface area contributed by atoms with Gasteiger partial charge in [-0.05, 0) is 61.8 Å². The first kappa shape index (κ1) is 14.9. The Bertz CT molecular complexity index is 599. The Morgan fingerprint density at radius 2 is 1.78 bits per heavy atom. The van der Waals surface area contributed by atoms with Gasteiger partial charge in [0.1, 0.15) is 0 Å². The molecule has 0 amide bonds. The number of nitrogens with zero attached hydrogens (tertiary/aromatic N) is 2. The van der Waals surface area contributed by atoms with E-state index in [1.54, 1.807) is 6.92 Å². The van der Waals surface area contributed by atoms with Crippen LogP contribution in [0.4, 0.5) is 5.69 Å². The highest BCUT2D eigenvalue weighted by atomic mass is 16.1. The number of hydrogen-bond donors (Lipinski definition) is 0. The topological polar surface area (TPSA) is 23.6 Å². The Kier molecular flexibility index (Phi) is 3.98. The summed E-state index contributed by atoms with van der Waals surface area (Å²) in [5.41, 5.74) is 2.05. The molecule has 1 aromatic rings. The summed E-state index contributed by atoms with van der Waals surface area (Å²) >= 11 is 0. The van der Waals surface area contributed by atoms with E-state index in [-0.39, 0.29) is 5.78 Å². The summed E-state index contributed by atoms with van der Waals surface area (Å²) in [6.45, 7) is 7.41. The molecule has 3 aliphatic rings. The van der Waals surface area contributed by atoms with Crippen LogP contribution >= 0.6 is 0 Å². The summed E-state index contributed by atoms with van der Waals surface area (Å²) in [5, 5.41) is 0. The Labute approximate surface area is 139 Å². The fourth-order valence-electron chi connectivity index (χ4n) is 4.53. The van der Waals surface area contributed by atoms with Gasteiger partial charge < -0.3 is 4.90 Å². The Morgan fingerprint density at radius 3 is 2.35 bits per heavy atom. The molecule has 0 spiro atoms. The number of carbonyl (C=O) groups is 1. The van der Waals surface area contributed by atoms with Crippen molar-refractivity contribution >= 4 is 11.5 Å². The molecule has 0 radical (unpaired) electrons. The lowest BCUT2D eigenvalue weighted by atomic mass is 9.93. The van der Waals surface area contributed by atoms with E-state index in [1.807, 2.05) is 12.1 Å². The maximum absolute atomic E-state index is 11.4. The minimum absolute atomic E-state index is 0.140. The van der Waals surface area contributed by atoms with Crippen molar-refractivity contribution in [3.63, 3.8) is 0 Å². The number of allylic oxidation sites excluding steroid dienone is 2. The van der Waals surface area contributed by atoms with Gasteiger partial charge in [0.25, 0.3) is 0 Å². The van der Waals surface area contributed by atoms with E-state index >= 15 is 0 Å². The maximum Gasteiger partial charge on any atom is 0.159 e. The Balaban J connectivity index is 1.30. The van der Waals surface area contributed by atoms with E-state index in [0.717, 1.165) is 49.5 Å². The average Bonchev–Trinajstić information content (AvgIpc) is 3.18. The summed E-state index contributed by atoms with van der Waals surface area (Å²) in [5.74, 6) is 2.77. The quantitative estimate of drug-likeness (QED) is 0.630. The normalized spacial score (nSPS) is 30.1. The molecule has 1 aliphatic heterocycles. The molecule has 3 unspecified atom stereocenters. The molecule has 4 rings (SSSR count). The summed E-state index contributed by atoms with van der Waals surface area (Å²) in [4.78, 5) is 16.5. The van der Waals surface area contributed by atoms with Crippen molar-refractivity contribution in [2.75, 3.05) is 37.6 Å². The lowest BCUT2D eigenvalue weighted by Crippen LogP contribution is -2.48. The van der Waals surface area contributed by atoms with E-state index in [9.17, 15) is 4.79 Å². The van der Waals surface area contributed by atoms with Gasteiger partial charge in [0.05, 0.1) is 0 Å². The van der Waals surface area contributed by atoms with Gasteiger partial charge in [0.2, 0.25) is 0 Å². The van der Waals surface area contributed by atoms with Gasteiger partial charge in [-0.25, -0.2) is 0 Å². The monoisotopic (exact) mass is 310 g/mol. The number of Topliss-reactive ketones (excluding diaryl/α,β-unsaturated/α-hetero) is 1. The third-order valence-electron chi connectivity index (χ3n) is 5.92. The Hall–Kier alpha value is -1.61. The van der Waals surface area contributed by atoms with Gasteiger partial charge in [0, 0.05) is 44.0 Å². The van der Waals surface area contributed by atoms with Crippen LogP contribution in [0.25, 0.3) is 0 Å². The predicted octanol–water partition coefficient (Wildman–Crippen LogP) is 3.22. The number of ketones is 1. The molecule has 3 heteroatoms. The van der Waals surface area contributed by atoms with Crippen LogP contribution in [0.1, 0.15) is 30.1 Å². The average molecular weight is 310 g/mol. The van der Waals surface area contributed by atoms with Gasteiger partial charge in [-0.2, -0.15) is 0 Å². The second kappa shape index (κ2) is 6.12. The second-order valence-electron chi connectivity index (χ2n) is 7.43. The van der Waals surface area contributed by atoms with Crippen molar-refractivity contribution in [1.82, 2.24) is 4.90 Å². The third-order valence-corrected chi connectivity index (χ3v) is 5.92. The van der Waals surface area contributed by atoms with Gasteiger partial charge in [-0.1, -0.05) is 12.2 Å². The fraction of sp³-hybridized carbons (Fsp3) is 0.550. The number of hydrogen-bond acceptors (Lipinski definition) is 3. The molecule has 2 fully saturated rings. The number of carbonyl (C=O) groups excluding carboxylic acids is 1. The molecular formula is C20H26N2O. The second-order valence-corrected chi connectivity index (χ2v) is 7.43. The predicted molar refractivity (Wildman–Crippen MR) is 93.9 cm³/mol. The van der Waals surface area contributed by atoms with Gasteiger partial charge in [0.15, 0.2) is 5.78 Å². The third kappa shape index (κ3) is 3.07. The zero-order valence-corrected chi connectivity index (χ0v) is 13.9. The molecule has 1 saturated carbocycles. The van der Waals surface area contributed by atoms with Crippen LogP contribution in [0.5, 0.6) is 0 Å². The van der Waals surface area contributed by atoms with Gasteiger partial charge in [-0.3, -0.25) is 9.69 Å². The first-order valence-electron chi connectivity index (χ1n) is 8.95. The van der Waals surface area contributed by atoms with Crippen LogP contribution in [0, 0.1) is 17.8 Å². The smallest absolute Gasteiger partial charge is 0.159 e. The van der Waals surface area contributed by atoms with Crippen LogP contribution in [0.2, 0.25) is 0 Å². The highest BCUT2D eigenvalue weighted by Gasteiger charge is 2.36. The molecule has 2 aliphatic carbocycles. The first-order valence-corrected chi connectivity index (χ1v) is 8.95. The summed E-state index contributed by atoms with van der Waals surface area (Å²) in [6.07, 6.45) is 7.72. The molecule has 23 heavy (non-hydrogen) atoms. The van der Waals surface area contributed by atoms with Crippen molar-refractivity contribution < 1.29 is 4.79 Å². The number of rotatable bonds is 4. The van der Waals surface area contributed by atoms with E-state index in [1.165, 1.54) is 25.1 Å². The number of piperazine rings is 1.